The average Bonchev–Trinajstić information content (AvgIpc) is 2.44. The van der Waals surface area contributed by atoms with Gasteiger partial charge in [0.15, 0.2) is 0 Å². The van der Waals surface area contributed by atoms with Crippen LogP contribution in [0.2, 0.25) is 0 Å². The van der Waals surface area contributed by atoms with Crippen LogP contribution in [0.15, 0.2) is 23.2 Å². The molecule has 118 valence electrons. The second-order valence-corrected chi connectivity index (χ2v) is 7.68. The van der Waals surface area contributed by atoms with Gasteiger partial charge in [-0.15, -0.1) is 0 Å². The molecule has 0 aliphatic carbocycles. The summed E-state index contributed by atoms with van der Waals surface area (Å²) in [7, 11) is -3.59. The van der Waals surface area contributed by atoms with Crippen molar-refractivity contribution >= 4 is 15.8 Å². The van der Waals surface area contributed by atoms with Crippen LogP contribution in [0.5, 0.6) is 0 Å². The second-order valence-electron chi connectivity index (χ2n) is 5.75. The molecule has 0 radical (unpaired) electrons. The fourth-order valence-corrected chi connectivity index (χ4v) is 3.96. The van der Waals surface area contributed by atoms with Gasteiger partial charge in [-0.1, -0.05) is 6.92 Å². The molecule has 1 saturated heterocycles. The normalized spacial score (nSPS) is 24.0. The van der Waals surface area contributed by atoms with Crippen molar-refractivity contribution in [2.24, 2.45) is 0 Å². The van der Waals surface area contributed by atoms with Gasteiger partial charge in [0.1, 0.15) is 10.7 Å². The van der Waals surface area contributed by atoms with Gasteiger partial charge >= 0.3 is 0 Å². The zero-order valence-corrected chi connectivity index (χ0v) is 13.4. The summed E-state index contributed by atoms with van der Waals surface area (Å²) in [5, 5.41) is 13.2. The van der Waals surface area contributed by atoms with Crippen LogP contribution < -0.4 is 5.32 Å². The van der Waals surface area contributed by atoms with Crippen LogP contribution >= 0.6 is 0 Å². The van der Waals surface area contributed by atoms with Gasteiger partial charge in [0, 0.05) is 25.8 Å². The first-order valence-electron chi connectivity index (χ1n) is 7.28. The number of nitrogens with zero attached hydrogens (tertiary/aromatic N) is 2. The van der Waals surface area contributed by atoms with Crippen LogP contribution in [0.3, 0.4) is 0 Å². The number of nitrogens with one attached hydrogen (secondary N) is 1. The smallest absolute Gasteiger partial charge is 0.244 e. The van der Waals surface area contributed by atoms with Crippen molar-refractivity contribution < 1.29 is 13.5 Å². The molecule has 1 fully saturated rings. The number of hydrogen-bond donors (Lipinski definition) is 2. The average molecular weight is 313 g/mol. The van der Waals surface area contributed by atoms with Crippen LogP contribution in [-0.4, -0.2) is 48.0 Å². The molecule has 1 aromatic rings. The van der Waals surface area contributed by atoms with Crippen molar-refractivity contribution in [2.45, 2.75) is 43.6 Å². The predicted molar refractivity (Wildman–Crippen MR) is 81.6 cm³/mol. The number of rotatable bonds is 5. The lowest BCUT2D eigenvalue weighted by atomic mass is 9.97. The Morgan fingerprint density at radius 1 is 1.48 bits per heavy atom. The Labute approximate surface area is 126 Å². The third-order valence-electron chi connectivity index (χ3n) is 3.57. The van der Waals surface area contributed by atoms with Gasteiger partial charge in [0.25, 0.3) is 0 Å². The number of piperidine rings is 1. The maximum atomic E-state index is 12.6. The van der Waals surface area contributed by atoms with Gasteiger partial charge in [-0.3, -0.25) is 0 Å². The van der Waals surface area contributed by atoms with Crippen LogP contribution in [0, 0.1) is 0 Å². The second kappa shape index (κ2) is 6.29. The Morgan fingerprint density at radius 2 is 2.24 bits per heavy atom. The summed E-state index contributed by atoms with van der Waals surface area (Å²) in [5.74, 6) is 0.668. The highest BCUT2D eigenvalue weighted by molar-refractivity contribution is 7.89. The van der Waals surface area contributed by atoms with E-state index in [4.69, 9.17) is 0 Å². The maximum absolute atomic E-state index is 12.6. The molecule has 1 atom stereocenters. The maximum Gasteiger partial charge on any atom is 0.244 e. The summed E-state index contributed by atoms with van der Waals surface area (Å²) in [6, 6.07) is 3.23. The molecule has 0 aromatic carbocycles. The van der Waals surface area contributed by atoms with E-state index in [2.05, 4.69) is 10.3 Å². The quantitative estimate of drug-likeness (QED) is 0.859. The lowest BCUT2D eigenvalue weighted by molar-refractivity contribution is 0.00939. The SMILES string of the molecule is CCCNc1ccc(S(=O)(=O)N2CCCC(C)(O)C2)cn1. The third-order valence-corrected chi connectivity index (χ3v) is 5.40. The highest BCUT2D eigenvalue weighted by Crippen LogP contribution is 2.26. The van der Waals surface area contributed by atoms with E-state index in [-0.39, 0.29) is 11.4 Å². The van der Waals surface area contributed by atoms with Crippen LogP contribution in [0.1, 0.15) is 33.1 Å². The van der Waals surface area contributed by atoms with Gasteiger partial charge in [0.05, 0.1) is 5.60 Å². The standard InChI is InChI=1S/C14H23N3O3S/c1-3-8-15-13-6-5-12(10-16-13)21(19,20)17-9-4-7-14(2,18)11-17/h5-6,10,18H,3-4,7-9,11H2,1-2H3,(H,15,16). The fourth-order valence-electron chi connectivity index (χ4n) is 2.42. The van der Waals surface area contributed by atoms with Crippen molar-refractivity contribution in [3.05, 3.63) is 18.3 Å². The minimum absolute atomic E-state index is 0.130. The number of sulfonamides is 1. The van der Waals surface area contributed by atoms with E-state index in [0.29, 0.717) is 25.2 Å². The highest BCUT2D eigenvalue weighted by Gasteiger charge is 2.35. The number of aromatic nitrogens is 1. The summed E-state index contributed by atoms with van der Waals surface area (Å²) in [5.41, 5.74) is -0.957. The fraction of sp³-hybridized carbons (Fsp3) is 0.643. The van der Waals surface area contributed by atoms with Crippen LogP contribution in [-0.2, 0) is 10.0 Å². The van der Waals surface area contributed by atoms with E-state index < -0.39 is 15.6 Å². The van der Waals surface area contributed by atoms with E-state index >= 15 is 0 Å². The molecule has 1 aliphatic heterocycles. The minimum atomic E-state index is -3.59. The van der Waals surface area contributed by atoms with Crippen LogP contribution in [0.25, 0.3) is 0 Å². The summed E-state index contributed by atoms with van der Waals surface area (Å²) in [6.45, 7) is 5.09. The van der Waals surface area contributed by atoms with Gasteiger partial charge in [-0.2, -0.15) is 4.31 Å². The number of pyridine rings is 1. The monoisotopic (exact) mass is 313 g/mol. The first-order valence-corrected chi connectivity index (χ1v) is 8.72. The lowest BCUT2D eigenvalue weighted by Gasteiger charge is -2.35. The lowest BCUT2D eigenvalue weighted by Crippen LogP contribution is -2.48. The zero-order chi connectivity index (χ0) is 15.5. The minimum Gasteiger partial charge on any atom is -0.389 e. The Balaban J connectivity index is 2.15. The molecule has 0 spiro atoms. The summed E-state index contributed by atoms with van der Waals surface area (Å²) in [4.78, 5) is 4.30. The zero-order valence-electron chi connectivity index (χ0n) is 12.5. The van der Waals surface area contributed by atoms with Crippen molar-refractivity contribution in [3.8, 4) is 0 Å². The molecule has 0 bridgehead atoms. The third kappa shape index (κ3) is 3.93. The molecule has 2 N–H and O–H groups in total. The van der Waals surface area contributed by atoms with Crippen LogP contribution in [0.4, 0.5) is 5.82 Å². The highest BCUT2D eigenvalue weighted by atomic mass is 32.2. The topological polar surface area (TPSA) is 82.5 Å². The Hall–Kier alpha value is -1.18. The Bertz CT molecular complexity index is 570. The molecule has 6 nitrogen and oxygen atoms in total. The summed E-state index contributed by atoms with van der Waals surface area (Å²) >= 11 is 0. The molecule has 0 amide bonds. The Morgan fingerprint density at radius 3 is 2.81 bits per heavy atom. The van der Waals surface area contributed by atoms with Gasteiger partial charge in [-0.25, -0.2) is 13.4 Å². The molecule has 2 rings (SSSR count). The van der Waals surface area contributed by atoms with E-state index in [1.54, 1.807) is 19.1 Å². The first kappa shape index (κ1) is 16.2. The van der Waals surface area contributed by atoms with Crippen molar-refractivity contribution in [1.82, 2.24) is 9.29 Å². The molecule has 0 saturated carbocycles. The van der Waals surface area contributed by atoms with Gasteiger partial charge in [0.2, 0.25) is 10.0 Å². The molecule has 21 heavy (non-hydrogen) atoms. The molecule has 1 aliphatic rings. The summed E-state index contributed by atoms with van der Waals surface area (Å²) < 4.78 is 26.4. The molecular weight excluding hydrogens is 290 g/mol. The summed E-state index contributed by atoms with van der Waals surface area (Å²) in [6.07, 6.45) is 3.63. The Kier molecular flexibility index (Phi) is 4.85. The number of hydrogen-bond acceptors (Lipinski definition) is 5. The molecule has 1 unspecified atom stereocenters. The largest absolute Gasteiger partial charge is 0.389 e. The van der Waals surface area contributed by atoms with E-state index in [1.807, 2.05) is 6.92 Å². The van der Waals surface area contributed by atoms with Gasteiger partial charge < -0.3 is 10.4 Å². The van der Waals surface area contributed by atoms with E-state index in [1.165, 1.54) is 10.5 Å². The molecule has 1 aromatic heterocycles. The number of aliphatic hydroxyl groups is 1. The van der Waals surface area contributed by atoms with Crippen molar-refractivity contribution in [1.29, 1.82) is 0 Å². The van der Waals surface area contributed by atoms with E-state index in [9.17, 15) is 13.5 Å². The van der Waals surface area contributed by atoms with Gasteiger partial charge in [-0.05, 0) is 38.3 Å². The van der Waals surface area contributed by atoms with Crippen molar-refractivity contribution in [3.63, 3.8) is 0 Å². The molecule has 2 heterocycles. The molecule has 7 heteroatoms. The van der Waals surface area contributed by atoms with E-state index in [0.717, 1.165) is 13.0 Å². The van der Waals surface area contributed by atoms with Crippen molar-refractivity contribution in [2.75, 3.05) is 25.0 Å². The number of β-amino-alcohol motifs (C(OH)–C–C–N with tert-alkyl or cyclic N) is 1. The first-order chi connectivity index (χ1) is 9.85. The molecular formula is C14H23N3O3S. The predicted octanol–water partition coefficient (Wildman–Crippen LogP) is 1.44. The number of anilines is 1.